The van der Waals surface area contributed by atoms with Crippen molar-refractivity contribution in [3.8, 4) is 11.5 Å². The number of hydrogen-bond acceptors (Lipinski definition) is 4. The third-order valence-electron chi connectivity index (χ3n) is 4.42. The molecule has 30 heavy (non-hydrogen) atoms. The summed E-state index contributed by atoms with van der Waals surface area (Å²) in [6.07, 6.45) is 0. The van der Waals surface area contributed by atoms with Crippen LogP contribution in [0.3, 0.4) is 0 Å². The molecule has 1 aliphatic rings. The first-order valence-electron chi connectivity index (χ1n) is 9.00. The topological polar surface area (TPSA) is 72.3 Å². The van der Waals surface area contributed by atoms with Crippen LogP contribution in [0.2, 0.25) is 5.02 Å². The Balaban J connectivity index is 0.00000256. The molecule has 2 amide bonds. The number of halogens is 2. The zero-order valence-electron chi connectivity index (χ0n) is 16.1. The van der Waals surface area contributed by atoms with E-state index in [1.54, 1.807) is 13.2 Å². The van der Waals surface area contributed by atoms with Gasteiger partial charge in [-0.1, -0.05) is 29.8 Å². The molecule has 1 heterocycles. The lowest BCUT2D eigenvalue weighted by Gasteiger charge is -2.13. The lowest BCUT2D eigenvalue weighted by molar-refractivity contribution is 0.256. The summed E-state index contributed by atoms with van der Waals surface area (Å²) in [6, 6.07) is 18.3. The lowest BCUT2D eigenvalue weighted by Crippen LogP contribution is -2.21. The van der Waals surface area contributed by atoms with Gasteiger partial charge >= 0.3 is 6.03 Å². The smallest absolute Gasteiger partial charge is 0.368 e. The van der Waals surface area contributed by atoms with Crippen LogP contribution in [-0.2, 0) is 13.2 Å². The Morgan fingerprint density at radius 1 is 0.933 bits per heavy atom. The van der Waals surface area contributed by atoms with E-state index < -0.39 is 6.03 Å². The minimum absolute atomic E-state index is 0. The predicted octanol–water partition coefficient (Wildman–Crippen LogP) is 4.33. The SMILES string of the molecule is COc1cc(CNc2ccc3c(c2)=NC(=O)N=3)ccc1OCc1cccc(Cl)c1.Cl. The molecule has 4 rings (SSSR count). The summed E-state index contributed by atoms with van der Waals surface area (Å²) in [6.45, 7) is 0.978. The number of amides is 2. The van der Waals surface area contributed by atoms with E-state index in [0.717, 1.165) is 16.8 Å². The van der Waals surface area contributed by atoms with E-state index in [4.69, 9.17) is 21.1 Å². The molecule has 3 aromatic carbocycles. The fourth-order valence-corrected chi connectivity index (χ4v) is 3.19. The van der Waals surface area contributed by atoms with Gasteiger partial charge < -0.3 is 14.8 Å². The Kier molecular flexibility index (Phi) is 6.92. The second-order valence-electron chi connectivity index (χ2n) is 6.47. The average Bonchev–Trinajstić information content (AvgIpc) is 3.10. The van der Waals surface area contributed by atoms with Crippen molar-refractivity contribution in [1.82, 2.24) is 0 Å². The minimum atomic E-state index is -0.463. The molecule has 0 unspecified atom stereocenters. The van der Waals surface area contributed by atoms with Crippen LogP contribution in [0.4, 0.5) is 10.5 Å². The number of benzene rings is 3. The fourth-order valence-electron chi connectivity index (χ4n) is 2.98. The van der Waals surface area contributed by atoms with Crippen molar-refractivity contribution in [2.45, 2.75) is 13.2 Å². The highest BCUT2D eigenvalue weighted by molar-refractivity contribution is 6.30. The molecule has 0 saturated carbocycles. The van der Waals surface area contributed by atoms with E-state index in [1.807, 2.05) is 54.6 Å². The number of urea groups is 1. The third-order valence-corrected chi connectivity index (χ3v) is 4.65. The molecule has 3 aromatic rings. The molecule has 0 bridgehead atoms. The maximum Gasteiger partial charge on any atom is 0.368 e. The number of carbonyl (C=O) groups excluding carboxylic acids is 1. The molecule has 8 heteroatoms. The Morgan fingerprint density at radius 2 is 1.77 bits per heavy atom. The molecule has 154 valence electrons. The monoisotopic (exact) mass is 443 g/mol. The molecular formula is C22H19Cl2N3O3. The summed E-state index contributed by atoms with van der Waals surface area (Å²) < 4.78 is 11.4. The molecule has 0 saturated heterocycles. The van der Waals surface area contributed by atoms with Gasteiger partial charge in [-0.15, -0.1) is 12.4 Å². The Labute approximate surface area is 184 Å². The standard InChI is InChI=1S/C22H18ClN3O3.ClH/c1-28-21-10-14(5-8-20(21)29-13-15-3-2-4-16(23)9-15)12-24-17-6-7-18-19(11-17)26-22(27)25-18;/h2-11,24H,12-13H2,1H3;1H. The number of nitrogens with one attached hydrogen (secondary N) is 1. The number of rotatable bonds is 7. The number of fused-ring (bicyclic) bond motifs is 1. The second kappa shape index (κ2) is 9.61. The van der Waals surface area contributed by atoms with Crippen LogP contribution < -0.4 is 25.5 Å². The van der Waals surface area contributed by atoms with E-state index in [-0.39, 0.29) is 12.4 Å². The van der Waals surface area contributed by atoms with Crippen molar-refractivity contribution in [1.29, 1.82) is 0 Å². The summed E-state index contributed by atoms with van der Waals surface area (Å²) in [5, 5.41) is 5.18. The van der Waals surface area contributed by atoms with Crippen LogP contribution in [0.5, 0.6) is 11.5 Å². The normalized spacial score (nSPS) is 11.6. The summed E-state index contributed by atoms with van der Waals surface area (Å²) in [4.78, 5) is 19.0. The fraction of sp³-hybridized carbons (Fsp3) is 0.136. The van der Waals surface area contributed by atoms with Crippen LogP contribution in [0, 0.1) is 0 Å². The molecule has 0 aromatic heterocycles. The van der Waals surface area contributed by atoms with Crippen molar-refractivity contribution < 1.29 is 14.3 Å². The van der Waals surface area contributed by atoms with E-state index in [1.165, 1.54) is 0 Å². The first kappa shape index (κ1) is 21.6. The van der Waals surface area contributed by atoms with Crippen LogP contribution in [0.15, 0.2) is 70.6 Å². The van der Waals surface area contributed by atoms with Gasteiger partial charge in [-0.2, -0.15) is 9.98 Å². The van der Waals surface area contributed by atoms with E-state index in [0.29, 0.717) is 40.4 Å². The van der Waals surface area contributed by atoms with Gasteiger partial charge in [-0.05, 0) is 53.6 Å². The maximum atomic E-state index is 11.3. The van der Waals surface area contributed by atoms with E-state index in [2.05, 4.69) is 15.3 Å². The minimum Gasteiger partial charge on any atom is -0.493 e. The summed E-state index contributed by atoms with van der Waals surface area (Å²) in [7, 11) is 1.61. The average molecular weight is 444 g/mol. The van der Waals surface area contributed by atoms with Gasteiger partial charge in [0.15, 0.2) is 11.5 Å². The molecule has 0 fully saturated rings. The first-order chi connectivity index (χ1) is 14.1. The highest BCUT2D eigenvalue weighted by atomic mass is 35.5. The van der Waals surface area contributed by atoms with Crippen molar-refractivity contribution in [2.75, 3.05) is 12.4 Å². The number of nitrogens with zero attached hydrogens (tertiary/aromatic N) is 2. The van der Waals surface area contributed by atoms with Gasteiger partial charge in [0.05, 0.1) is 17.8 Å². The van der Waals surface area contributed by atoms with E-state index >= 15 is 0 Å². The van der Waals surface area contributed by atoms with Gasteiger partial charge in [0.25, 0.3) is 0 Å². The predicted molar refractivity (Wildman–Crippen MR) is 118 cm³/mol. The van der Waals surface area contributed by atoms with E-state index in [9.17, 15) is 4.79 Å². The molecule has 0 radical (unpaired) electrons. The number of ether oxygens (including phenoxy) is 2. The molecule has 0 aliphatic carbocycles. The molecular weight excluding hydrogens is 425 g/mol. The summed E-state index contributed by atoms with van der Waals surface area (Å²) in [5.41, 5.74) is 2.87. The van der Waals surface area contributed by atoms with Crippen LogP contribution in [-0.4, -0.2) is 13.1 Å². The van der Waals surface area contributed by atoms with Gasteiger partial charge in [0, 0.05) is 17.3 Å². The van der Waals surface area contributed by atoms with Crippen LogP contribution >= 0.6 is 24.0 Å². The van der Waals surface area contributed by atoms with Crippen molar-refractivity contribution in [2.24, 2.45) is 9.98 Å². The lowest BCUT2D eigenvalue weighted by atomic mass is 10.2. The largest absolute Gasteiger partial charge is 0.493 e. The first-order valence-corrected chi connectivity index (χ1v) is 9.38. The quantitative estimate of drug-likeness (QED) is 0.589. The number of anilines is 1. The number of carbonyl (C=O) groups is 1. The maximum absolute atomic E-state index is 11.3. The Morgan fingerprint density at radius 3 is 2.57 bits per heavy atom. The van der Waals surface area contributed by atoms with Gasteiger partial charge in [-0.3, -0.25) is 0 Å². The summed E-state index contributed by atoms with van der Waals surface area (Å²) in [5.74, 6) is 1.31. The van der Waals surface area contributed by atoms with Crippen molar-refractivity contribution >= 4 is 35.7 Å². The van der Waals surface area contributed by atoms with Crippen LogP contribution in [0.25, 0.3) is 0 Å². The molecule has 1 aliphatic heterocycles. The van der Waals surface area contributed by atoms with Crippen molar-refractivity contribution in [3.05, 3.63) is 87.5 Å². The number of methoxy groups -OCH3 is 1. The van der Waals surface area contributed by atoms with Crippen LogP contribution in [0.1, 0.15) is 11.1 Å². The second-order valence-corrected chi connectivity index (χ2v) is 6.90. The molecule has 1 N–H and O–H groups in total. The summed E-state index contributed by atoms with van der Waals surface area (Å²) >= 11 is 6.01. The Hall–Kier alpha value is -3.09. The highest BCUT2D eigenvalue weighted by Crippen LogP contribution is 2.29. The van der Waals surface area contributed by atoms with Gasteiger partial charge in [0.2, 0.25) is 0 Å². The third kappa shape index (κ3) is 5.09. The zero-order chi connectivity index (χ0) is 20.2. The van der Waals surface area contributed by atoms with Gasteiger partial charge in [0.1, 0.15) is 6.61 Å². The molecule has 6 nitrogen and oxygen atoms in total. The molecule has 0 atom stereocenters. The molecule has 0 spiro atoms. The van der Waals surface area contributed by atoms with Crippen molar-refractivity contribution in [3.63, 3.8) is 0 Å². The zero-order valence-corrected chi connectivity index (χ0v) is 17.7. The number of hydrogen-bond donors (Lipinski definition) is 1. The van der Waals surface area contributed by atoms with Gasteiger partial charge in [-0.25, -0.2) is 4.79 Å². The highest BCUT2D eigenvalue weighted by Gasteiger charge is 2.08. The Bertz CT molecular complexity index is 1200.